The maximum absolute atomic E-state index is 12.7. The molecule has 2 heterocycles. The molecule has 0 atom stereocenters. The van der Waals surface area contributed by atoms with E-state index in [1.807, 2.05) is 0 Å². The van der Waals surface area contributed by atoms with Gasteiger partial charge in [-0.15, -0.1) is 0 Å². The van der Waals surface area contributed by atoms with Gasteiger partial charge in [-0.2, -0.15) is 13.2 Å². The fourth-order valence-corrected chi connectivity index (χ4v) is 2.61. The number of rotatable bonds is 1. The number of nitrogens with zero attached hydrogens (tertiary/aromatic N) is 2. The molecule has 3 aromatic rings. The fraction of sp³-hybridized carbons (Fsp3) is 0.182. The van der Waals surface area contributed by atoms with Crippen LogP contribution in [-0.2, 0) is 12.7 Å². The van der Waals surface area contributed by atoms with E-state index in [1.54, 1.807) is 4.40 Å². The minimum absolute atomic E-state index is 0.240. The molecule has 0 spiro atoms. The van der Waals surface area contributed by atoms with E-state index in [0.29, 0.717) is 27.1 Å². The highest BCUT2D eigenvalue weighted by Gasteiger charge is 2.31. The maximum atomic E-state index is 12.7. The lowest BCUT2D eigenvalue weighted by atomic mass is 10.2. The number of fused-ring (bicyclic) bond motifs is 3. The van der Waals surface area contributed by atoms with E-state index in [9.17, 15) is 13.2 Å². The molecule has 0 radical (unpaired) electrons. The van der Waals surface area contributed by atoms with Crippen LogP contribution in [0.5, 0.6) is 0 Å². The third-order valence-electron chi connectivity index (χ3n) is 2.89. The molecule has 0 saturated carbocycles. The molecule has 2 aromatic heterocycles. The van der Waals surface area contributed by atoms with Gasteiger partial charge >= 0.3 is 6.18 Å². The molecule has 0 fully saturated rings. The molecule has 4 nitrogen and oxygen atoms in total. The number of hydrogen-bond acceptors (Lipinski definition) is 2. The van der Waals surface area contributed by atoms with Crippen molar-refractivity contribution >= 4 is 32.7 Å². The predicted octanol–water partition coefficient (Wildman–Crippen LogP) is 3.06. The second-order valence-electron chi connectivity index (χ2n) is 4.07. The van der Waals surface area contributed by atoms with E-state index >= 15 is 0 Å². The number of hydrogen-bond donors (Lipinski definition) is 2. The van der Waals surface area contributed by atoms with Crippen molar-refractivity contribution in [3.8, 4) is 0 Å². The van der Waals surface area contributed by atoms with Crippen LogP contribution in [0, 0.1) is 0 Å². The summed E-state index contributed by atoms with van der Waals surface area (Å²) < 4.78 is 40.3. The van der Waals surface area contributed by atoms with Crippen molar-refractivity contribution in [1.29, 1.82) is 0 Å². The largest absolute Gasteiger partial charge is 0.416 e. The topological polar surface area (TPSA) is 59.1 Å². The van der Waals surface area contributed by atoms with Gasteiger partial charge in [0, 0.05) is 6.54 Å². The number of benzene rings is 1. The second-order valence-corrected chi connectivity index (χ2v) is 4.82. The Morgan fingerprint density at radius 2 is 2.11 bits per heavy atom. The fourth-order valence-electron chi connectivity index (χ4n) is 1.99. The van der Waals surface area contributed by atoms with Crippen LogP contribution in [-0.4, -0.2) is 14.4 Å². The van der Waals surface area contributed by atoms with Gasteiger partial charge in [0.2, 0.25) is 5.78 Å². The molecule has 100 valence electrons. The van der Waals surface area contributed by atoms with Crippen molar-refractivity contribution in [1.82, 2.24) is 14.4 Å². The van der Waals surface area contributed by atoms with Crippen molar-refractivity contribution in [2.45, 2.75) is 12.7 Å². The Balaban J connectivity index is 2.36. The number of imidazole rings is 2. The first-order chi connectivity index (χ1) is 8.91. The number of halogens is 4. The highest BCUT2D eigenvalue weighted by Crippen LogP contribution is 2.32. The van der Waals surface area contributed by atoms with Crippen LogP contribution >= 0.6 is 15.9 Å². The molecule has 0 aliphatic rings. The van der Waals surface area contributed by atoms with Gasteiger partial charge in [-0.3, -0.25) is 4.40 Å². The molecule has 3 N–H and O–H groups in total. The van der Waals surface area contributed by atoms with Gasteiger partial charge in [0.25, 0.3) is 0 Å². The van der Waals surface area contributed by atoms with Crippen molar-refractivity contribution in [3.05, 3.63) is 34.1 Å². The number of nitrogens with one attached hydrogen (secondary N) is 1. The summed E-state index contributed by atoms with van der Waals surface area (Å²) in [5, 5.41) is 0. The van der Waals surface area contributed by atoms with Crippen LogP contribution in [0.4, 0.5) is 13.2 Å². The first-order valence-electron chi connectivity index (χ1n) is 5.37. The van der Waals surface area contributed by atoms with E-state index in [4.69, 9.17) is 5.73 Å². The second kappa shape index (κ2) is 3.97. The molecule has 0 aliphatic carbocycles. The Hall–Kier alpha value is -1.54. The Morgan fingerprint density at radius 3 is 2.74 bits per heavy atom. The molecular formula is C11H8BrF3N4. The lowest BCUT2D eigenvalue weighted by molar-refractivity contribution is -0.137. The third-order valence-corrected chi connectivity index (χ3v) is 3.73. The summed E-state index contributed by atoms with van der Waals surface area (Å²) in [6.45, 7) is 0.240. The van der Waals surface area contributed by atoms with Crippen LogP contribution in [0.3, 0.4) is 0 Å². The van der Waals surface area contributed by atoms with E-state index < -0.39 is 11.7 Å². The number of nitrogens with two attached hydrogens (primary N) is 1. The average Bonchev–Trinajstić information content (AvgIpc) is 2.84. The lowest BCUT2D eigenvalue weighted by Gasteiger charge is -2.06. The average molecular weight is 333 g/mol. The minimum Gasteiger partial charge on any atom is -0.325 e. The summed E-state index contributed by atoms with van der Waals surface area (Å²) in [5.74, 6) is 0.460. The molecule has 0 bridgehead atoms. The Labute approximate surface area is 113 Å². The van der Waals surface area contributed by atoms with E-state index in [-0.39, 0.29) is 6.54 Å². The highest BCUT2D eigenvalue weighted by molar-refractivity contribution is 9.10. The van der Waals surface area contributed by atoms with Crippen LogP contribution in [0.2, 0.25) is 0 Å². The van der Waals surface area contributed by atoms with Crippen molar-refractivity contribution < 1.29 is 13.2 Å². The molecule has 3 rings (SSSR count). The van der Waals surface area contributed by atoms with Crippen molar-refractivity contribution in [2.75, 3.05) is 0 Å². The summed E-state index contributed by atoms with van der Waals surface area (Å²) in [7, 11) is 0. The predicted molar refractivity (Wildman–Crippen MR) is 67.6 cm³/mol. The summed E-state index contributed by atoms with van der Waals surface area (Å²) >= 11 is 3.32. The standard InChI is InChI=1S/C11H8BrF3N4/c12-9-7(4-16)18-10-17-6-2-1-5(11(13,14)15)3-8(6)19(9)10/h1-3H,4,16H2,(H,17,18). The molecule has 0 aliphatic heterocycles. The van der Waals surface area contributed by atoms with Gasteiger partial charge in [0.05, 0.1) is 22.3 Å². The number of aromatic amines is 1. The van der Waals surface area contributed by atoms with Gasteiger partial charge in [-0.05, 0) is 34.1 Å². The van der Waals surface area contributed by atoms with Crippen molar-refractivity contribution in [3.63, 3.8) is 0 Å². The zero-order valence-corrected chi connectivity index (χ0v) is 11.0. The Kier molecular flexibility index (Phi) is 2.61. The molecular weight excluding hydrogens is 325 g/mol. The smallest absolute Gasteiger partial charge is 0.325 e. The molecule has 0 amide bonds. The van der Waals surface area contributed by atoms with Crippen LogP contribution < -0.4 is 5.73 Å². The first-order valence-corrected chi connectivity index (χ1v) is 6.17. The van der Waals surface area contributed by atoms with E-state index in [2.05, 4.69) is 25.9 Å². The summed E-state index contributed by atoms with van der Waals surface area (Å²) in [5.41, 5.74) is 6.38. The third kappa shape index (κ3) is 1.82. The molecule has 8 heteroatoms. The zero-order chi connectivity index (χ0) is 13.8. The Morgan fingerprint density at radius 1 is 1.37 bits per heavy atom. The van der Waals surface area contributed by atoms with Gasteiger partial charge in [0.1, 0.15) is 4.60 Å². The quantitative estimate of drug-likeness (QED) is 0.719. The maximum Gasteiger partial charge on any atom is 0.416 e. The molecule has 0 unspecified atom stereocenters. The van der Waals surface area contributed by atoms with E-state index in [1.165, 1.54) is 6.07 Å². The van der Waals surface area contributed by atoms with E-state index in [0.717, 1.165) is 12.1 Å². The summed E-state index contributed by atoms with van der Waals surface area (Å²) in [6.07, 6.45) is -4.38. The lowest BCUT2D eigenvalue weighted by Crippen LogP contribution is -2.04. The minimum atomic E-state index is -4.38. The first kappa shape index (κ1) is 12.5. The van der Waals surface area contributed by atoms with Crippen LogP contribution in [0.25, 0.3) is 16.8 Å². The SMILES string of the molecule is NCc1[nH]c2nc3ccc(C(F)(F)F)cc3n2c1Br. The highest BCUT2D eigenvalue weighted by atomic mass is 79.9. The summed E-state index contributed by atoms with van der Waals surface area (Å²) in [4.78, 5) is 7.18. The van der Waals surface area contributed by atoms with Crippen molar-refractivity contribution in [2.24, 2.45) is 5.73 Å². The normalized spacial score (nSPS) is 12.7. The molecule has 19 heavy (non-hydrogen) atoms. The van der Waals surface area contributed by atoms with Gasteiger partial charge in [0.15, 0.2) is 0 Å². The van der Waals surface area contributed by atoms with Crippen LogP contribution in [0.1, 0.15) is 11.3 Å². The molecule has 1 aromatic carbocycles. The Bertz CT molecular complexity index is 772. The van der Waals surface area contributed by atoms with Gasteiger partial charge in [-0.25, -0.2) is 4.98 Å². The number of alkyl halides is 3. The monoisotopic (exact) mass is 332 g/mol. The van der Waals surface area contributed by atoms with Gasteiger partial charge in [-0.1, -0.05) is 0 Å². The van der Waals surface area contributed by atoms with Gasteiger partial charge < -0.3 is 10.7 Å². The number of H-pyrrole nitrogens is 1. The van der Waals surface area contributed by atoms with Crippen LogP contribution in [0.15, 0.2) is 22.8 Å². The summed E-state index contributed by atoms with van der Waals surface area (Å²) in [6, 6.07) is 3.45. The number of aromatic nitrogens is 3. The zero-order valence-electron chi connectivity index (χ0n) is 9.42. The molecule has 0 saturated heterocycles.